The lowest BCUT2D eigenvalue weighted by Crippen LogP contribution is -2.22. The van der Waals surface area contributed by atoms with Gasteiger partial charge in [0.2, 0.25) is 0 Å². The molecule has 0 amide bonds. The van der Waals surface area contributed by atoms with Crippen LogP contribution in [0, 0.1) is 0 Å². The Morgan fingerprint density at radius 1 is 1.38 bits per heavy atom. The molecule has 0 saturated heterocycles. The van der Waals surface area contributed by atoms with Crippen LogP contribution in [0.3, 0.4) is 0 Å². The molecule has 1 saturated carbocycles. The molecule has 2 aliphatic rings. The van der Waals surface area contributed by atoms with Gasteiger partial charge in [-0.05, 0) is 30.2 Å². The average molecular weight is 191 g/mol. The number of thioether (sulfide) groups is 1. The van der Waals surface area contributed by atoms with Crippen LogP contribution in [0.1, 0.15) is 18.4 Å². The van der Waals surface area contributed by atoms with Crippen LogP contribution >= 0.6 is 11.8 Å². The summed E-state index contributed by atoms with van der Waals surface area (Å²) in [5, 5.41) is 0. The van der Waals surface area contributed by atoms with E-state index >= 15 is 0 Å². The number of nitrogens with two attached hydrogens (primary N) is 1. The van der Waals surface area contributed by atoms with Gasteiger partial charge in [-0.1, -0.05) is 18.2 Å². The van der Waals surface area contributed by atoms with Crippen LogP contribution in [-0.2, 0) is 5.41 Å². The Bertz CT molecular complexity index is 350. The molecule has 1 fully saturated rings. The monoisotopic (exact) mass is 191 g/mol. The van der Waals surface area contributed by atoms with Gasteiger partial charge in [0.15, 0.2) is 0 Å². The molecule has 1 aliphatic heterocycles. The third kappa shape index (κ3) is 0.990. The van der Waals surface area contributed by atoms with E-state index in [0.717, 1.165) is 0 Å². The molecule has 0 bridgehead atoms. The molecule has 68 valence electrons. The summed E-state index contributed by atoms with van der Waals surface area (Å²) in [6.45, 7) is 0. The Balaban J connectivity index is 2.13. The normalized spacial score (nSPS) is 35.9. The van der Waals surface area contributed by atoms with E-state index in [1.54, 1.807) is 0 Å². The largest absolute Gasteiger partial charge is 0.327 e. The third-order valence-corrected chi connectivity index (χ3v) is 4.44. The van der Waals surface area contributed by atoms with Gasteiger partial charge in [-0.15, -0.1) is 11.8 Å². The van der Waals surface area contributed by atoms with E-state index in [2.05, 4.69) is 24.3 Å². The first-order valence-electron chi connectivity index (χ1n) is 4.81. The lowest BCUT2D eigenvalue weighted by Gasteiger charge is -2.25. The number of hydrogen-bond acceptors (Lipinski definition) is 2. The molecule has 2 atom stereocenters. The third-order valence-electron chi connectivity index (χ3n) is 3.36. The molecular weight excluding hydrogens is 178 g/mol. The Hall–Kier alpha value is -0.470. The van der Waals surface area contributed by atoms with Crippen LogP contribution in [0.25, 0.3) is 0 Å². The van der Waals surface area contributed by atoms with Gasteiger partial charge >= 0.3 is 0 Å². The van der Waals surface area contributed by atoms with Gasteiger partial charge in [0.05, 0.1) is 0 Å². The number of fused-ring (bicyclic) bond motifs is 2. The fourth-order valence-electron chi connectivity index (χ4n) is 2.41. The maximum atomic E-state index is 6.04. The standard InChI is InChI=1S/C11H13NS/c12-10-7-11(10)5-6-13-9-4-2-1-3-8(9)11/h1-4,10H,5-7,12H2. The summed E-state index contributed by atoms with van der Waals surface area (Å²) < 4.78 is 0. The second-order valence-corrected chi connectivity index (χ2v) is 5.20. The molecule has 1 heterocycles. The first-order chi connectivity index (χ1) is 6.33. The van der Waals surface area contributed by atoms with Gasteiger partial charge in [-0.25, -0.2) is 0 Å². The van der Waals surface area contributed by atoms with Crippen molar-refractivity contribution in [1.82, 2.24) is 0 Å². The van der Waals surface area contributed by atoms with Crippen molar-refractivity contribution in [1.29, 1.82) is 0 Å². The minimum Gasteiger partial charge on any atom is -0.327 e. The molecule has 2 unspecified atom stereocenters. The SMILES string of the molecule is NC1CC12CCSc1ccccc12. The molecule has 2 heteroatoms. The minimum absolute atomic E-state index is 0.377. The summed E-state index contributed by atoms with van der Waals surface area (Å²) in [7, 11) is 0. The predicted molar refractivity (Wildman–Crippen MR) is 56.1 cm³/mol. The summed E-state index contributed by atoms with van der Waals surface area (Å²) in [6.07, 6.45) is 2.47. The van der Waals surface area contributed by atoms with Gasteiger partial charge in [-0.2, -0.15) is 0 Å². The highest BCUT2D eigenvalue weighted by atomic mass is 32.2. The average Bonchev–Trinajstić information content (AvgIpc) is 2.79. The molecule has 2 N–H and O–H groups in total. The smallest absolute Gasteiger partial charge is 0.0147 e. The van der Waals surface area contributed by atoms with Crippen LogP contribution in [-0.4, -0.2) is 11.8 Å². The molecule has 1 aliphatic carbocycles. The molecular formula is C11H13NS. The quantitative estimate of drug-likeness (QED) is 0.680. The van der Waals surface area contributed by atoms with Gasteiger partial charge in [0.1, 0.15) is 0 Å². The lowest BCUT2D eigenvalue weighted by atomic mass is 9.92. The maximum Gasteiger partial charge on any atom is 0.0147 e. The highest BCUT2D eigenvalue weighted by Crippen LogP contribution is 2.55. The van der Waals surface area contributed by atoms with Gasteiger partial charge in [0, 0.05) is 16.4 Å². The van der Waals surface area contributed by atoms with E-state index in [9.17, 15) is 0 Å². The zero-order valence-corrected chi connectivity index (χ0v) is 8.31. The van der Waals surface area contributed by atoms with Crippen molar-refractivity contribution < 1.29 is 0 Å². The Morgan fingerprint density at radius 3 is 2.92 bits per heavy atom. The highest BCUT2D eigenvalue weighted by Gasteiger charge is 2.54. The molecule has 1 aromatic carbocycles. The number of benzene rings is 1. The van der Waals surface area contributed by atoms with Crippen molar-refractivity contribution in [2.45, 2.75) is 29.2 Å². The fourth-order valence-corrected chi connectivity index (χ4v) is 3.70. The van der Waals surface area contributed by atoms with Crippen LogP contribution < -0.4 is 5.73 Å². The molecule has 1 nitrogen and oxygen atoms in total. The molecule has 3 rings (SSSR count). The van der Waals surface area contributed by atoms with E-state index in [0.29, 0.717) is 11.5 Å². The summed E-state index contributed by atoms with van der Waals surface area (Å²) in [5.41, 5.74) is 7.93. The van der Waals surface area contributed by atoms with Crippen LogP contribution in [0.2, 0.25) is 0 Å². The Kier molecular flexibility index (Phi) is 1.53. The van der Waals surface area contributed by atoms with E-state index < -0.39 is 0 Å². The Morgan fingerprint density at radius 2 is 2.15 bits per heavy atom. The summed E-state index contributed by atoms with van der Waals surface area (Å²) in [4.78, 5) is 1.46. The first kappa shape index (κ1) is 7.89. The van der Waals surface area contributed by atoms with Crippen molar-refractivity contribution >= 4 is 11.8 Å². The van der Waals surface area contributed by atoms with Crippen molar-refractivity contribution in [3.63, 3.8) is 0 Å². The highest BCUT2D eigenvalue weighted by molar-refractivity contribution is 7.99. The molecule has 1 spiro atoms. The summed E-state index contributed by atoms with van der Waals surface area (Å²) in [6, 6.07) is 9.17. The topological polar surface area (TPSA) is 26.0 Å². The van der Waals surface area contributed by atoms with Crippen LogP contribution in [0.5, 0.6) is 0 Å². The summed E-state index contributed by atoms with van der Waals surface area (Å²) >= 11 is 1.98. The molecule has 1 aromatic rings. The van der Waals surface area contributed by atoms with E-state index in [1.807, 2.05) is 11.8 Å². The van der Waals surface area contributed by atoms with Gasteiger partial charge in [0.25, 0.3) is 0 Å². The molecule has 0 aromatic heterocycles. The zero-order valence-electron chi connectivity index (χ0n) is 7.49. The fraction of sp³-hybridized carbons (Fsp3) is 0.455. The van der Waals surface area contributed by atoms with Crippen molar-refractivity contribution in [2.75, 3.05) is 5.75 Å². The number of rotatable bonds is 0. The van der Waals surface area contributed by atoms with Gasteiger partial charge in [-0.3, -0.25) is 0 Å². The second-order valence-electron chi connectivity index (χ2n) is 4.06. The van der Waals surface area contributed by atoms with E-state index in [-0.39, 0.29) is 0 Å². The van der Waals surface area contributed by atoms with Crippen molar-refractivity contribution in [3.05, 3.63) is 29.8 Å². The minimum atomic E-state index is 0.377. The zero-order chi connectivity index (χ0) is 8.89. The second kappa shape index (κ2) is 2.52. The van der Waals surface area contributed by atoms with E-state index in [1.165, 1.54) is 29.1 Å². The lowest BCUT2D eigenvalue weighted by molar-refractivity contribution is 0.618. The number of hydrogen-bond donors (Lipinski definition) is 1. The first-order valence-corrected chi connectivity index (χ1v) is 5.79. The van der Waals surface area contributed by atoms with Crippen molar-refractivity contribution in [2.24, 2.45) is 5.73 Å². The van der Waals surface area contributed by atoms with Crippen molar-refractivity contribution in [3.8, 4) is 0 Å². The van der Waals surface area contributed by atoms with Crippen LogP contribution in [0.15, 0.2) is 29.2 Å². The van der Waals surface area contributed by atoms with Crippen LogP contribution in [0.4, 0.5) is 0 Å². The Labute approximate surface area is 82.7 Å². The molecule has 0 radical (unpaired) electrons. The summed E-state index contributed by atoms with van der Waals surface area (Å²) in [5.74, 6) is 1.24. The molecule has 13 heavy (non-hydrogen) atoms. The van der Waals surface area contributed by atoms with E-state index in [4.69, 9.17) is 5.73 Å². The predicted octanol–water partition coefficient (Wildman–Crippen LogP) is 2.15. The van der Waals surface area contributed by atoms with Gasteiger partial charge < -0.3 is 5.73 Å². The maximum absolute atomic E-state index is 6.04.